The molecule has 102 valence electrons. The summed E-state index contributed by atoms with van der Waals surface area (Å²) >= 11 is 5.73. The molecular weight excluding hydrogens is 265 g/mol. The molecule has 0 saturated heterocycles. The Bertz CT molecular complexity index is 553. The van der Waals surface area contributed by atoms with Gasteiger partial charge in [-0.1, -0.05) is 24.6 Å². The second kappa shape index (κ2) is 6.17. The van der Waals surface area contributed by atoms with Crippen LogP contribution in [-0.2, 0) is 7.05 Å². The van der Waals surface area contributed by atoms with E-state index in [1.807, 2.05) is 19.3 Å². The highest BCUT2D eigenvalue weighted by molar-refractivity contribution is 6.30. The van der Waals surface area contributed by atoms with Crippen molar-refractivity contribution in [3.05, 3.63) is 52.6 Å². The van der Waals surface area contributed by atoms with E-state index in [0.717, 1.165) is 24.1 Å². The maximum Gasteiger partial charge on any atom is 0.142 e. The molecule has 19 heavy (non-hydrogen) atoms. The Morgan fingerprint density at radius 2 is 2.21 bits per heavy atom. The smallest absolute Gasteiger partial charge is 0.142 e. The maximum absolute atomic E-state index is 13.6. The Labute approximate surface area is 117 Å². The molecule has 2 aromatic rings. The van der Waals surface area contributed by atoms with Crippen molar-refractivity contribution in [3.8, 4) is 0 Å². The lowest BCUT2D eigenvalue weighted by Gasteiger charge is -2.18. The summed E-state index contributed by atoms with van der Waals surface area (Å²) in [4.78, 5) is 0. The standard InChI is InChI=1S/C14H17ClFN3/c1-3-6-17-14(11-8-18-19(2)9-11)10-4-5-12(15)13(16)7-10/h4-5,7-9,14,17H,3,6H2,1-2H3. The summed E-state index contributed by atoms with van der Waals surface area (Å²) in [6.45, 7) is 2.94. The summed E-state index contributed by atoms with van der Waals surface area (Å²) in [5.74, 6) is -0.397. The van der Waals surface area contributed by atoms with Crippen LogP contribution in [0.25, 0.3) is 0 Å². The van der Waals surface area contributed by atoms with Gasteiger partial charge in [0.15, 0.2) is 0 Å². The van der Waals surface area contributed by atoms with Crippen LogP contribution in [0.3, 0.4) is 0 Å². The summed E-state index contributed by atoms with van der Waals surface area (Å²) in [5, 5.41) is 7.71. The zero-order chi connectivity index (χ0) is 13.8. The van der Waals surface area contributed by atoms with Gasteiger partial charge >= 0.3 is 0 Å². The molecular formula is C14H17ClFN3. The van der Waals surface area contributed by atoms with Crippen molar-refractivity contribution in [2.75, 3.05) is 6.54 Å². The summed E-state index contributed by atoms with van der Waals surface area (Å²) < 4.78 is 15.3. The first-order valence-corrected chi connectivity index (χ1v) is 6.66. The van der Waals surface area contributed by atoms with Crippen LogP contribution in [0.2, 0.25) is 5.02 Å². The fourth-order valence-electron chi connectivity index (χ4n) is 2.00. The molecule has 3 nitrogen and oxygen atoms in total. The predicted octanol–water partition coefficient (Wildman–Crippen LogP) is 3.30. The summed E-state index contributed by atoms with van der Waals surface area (Å²) in [6.07, 6.45) is 4.73. The zero-order valence-corrected chi connectivity index (χ0v) is 11.8. The maximum atomic E-state index is 13.6. The van der Waals surface area contributed by atoms with Crippen molar-refractivity contribution in [2.45, 2.75) is 19.4 Å². The van der Waals surface area contributed by atoms with Crippen LogP contribution >= 0.6 is 11.6 Å². The highest BCUT2D eigenvalue weighted by Crippen LogP contribution is 2.25. The van der Waals surface area contributed by atoms with Gasteiger partial charge in [-0.15, -0.1) is 0 Å². The predicted molar refractivity (Wildman–Crippen MR) is 74.8 cm³/mol. The Morgan fingerprint density at radius 1 is 1.42 bits per heavy atom. The van der Waals surface area contributed by atoms with Crippen LogP contribution in [0, 0.1) is 5.82 Å². The first kappa shape index (κ1) is 14.0. The van der Waals surface area contributed by atoms with Gasteiger partial charge in [-0.25, -0.2) is 4.39 Å². The highest BCUT2D eigenvalue weighted by atomic mass is 35.5. The lowest BCUT2D eigenvalue weighted by Crippen LogP contribution is -2.23. The SMILES string of the molecule is CCCNC(c1ccc(Cl)c(F)c1)c1cnn(C)c1. The van der Waals surface area contributed by atoms with Gasteiger partial charge in [0.1, 0.15) is 5.82 Å². The van der Waals surface area contributed by atoms with E-state index in [1.165, 1.54) is 6.07 Å². The van der Waals surface area contributed by atoms with Gasteiger partial charge in [-0.3, -0.25) is 4.68 Å². The van der Waals surface area contributed by atoms with Crippen LogP contribution in [0.15, 0.2) is 30.6 Å². The Kier molecular flexibility index (Phi) is 4.56. The molecule has 2 rings (SSSR count). The Balaban J connectivity index is 2.33. The lowest BCUT2D eigenvalue weighted by molar-refractivity contribution is 0.585. The second-order valence-electron chi connectivity index (χ2n) is 4.51. The molecule has 0 fully saturated rings. The molecule has 1 aromatic carbocycles. The second-order valence-corrected chi connectivity index (χ2v) is 4.92. The minimum atomic E-state index is -0.397. The topological polar surface area (TPSA) is 29.9 Å². The van der Waals surface area contributed by atoms with Crippen LogP contribution in [0.1, 0.15) is 30.5 Å². The molecule has 0 aliphatic heterocycles. The number of aryl methyl sites for hydroxylation is 1. The third-order valence-corrected chi connectivity index (χ3v) is 3.24. The molecule has 1 heterocycles. The zero-order valence-electron chi connectivity index (χ0n) is 11.0. The third kappa shape index (κ3) is 3.33. The molecule has 0 aliphatic rings. The lowest BCUT2D eigenvalue weighted by atomic mass is 10.0. The number of benzene rings is 1. The van der Waals surface area contributed by atoms with Gasteiger partial charge in [0.25, 0.3) is 0 Å². The molecule has 0 amide bonds. The van der Waals surface area contributed by atoms with E-state index in [1.54, 1.807) is 16.9 Å². The van der Waals surface area contributed by atoms with E-state index >= 15 is 0 Å². The summed E-state index contributed by atoms with van der Waals surface area (Å²) in [7, 11) is 1.86. The van der Waals surface area contributed by atoms with Crippen molar-refractivity contribution in [2.24, 2.45) is 7.05 Å². The molecule has 1 N–H and O–H groups in total. The van der Waals surface area contributed by atoms with Crippen molar-refractivity contribution in [3.63, 3.8) is 0 Å². The van der Waals surface area contributed by atoms with Gasteiger partial charge in [-0.05, 0) is 30.7 Å². The van der Waals surface area contributed by atoms with E-state index in [9.17, 15) is 4.39 Å². The van der Waals surface area contributed by atoms with E-state index in [0.29, 0.717) is 0 Å². The molecule has 0 bridgehead atoms. The summed E-state index contributed by atoms with van der Waals surface area (Å²) in [5.41, 5.74) is 1.86. The average Bonchev–Trinajstić information content (AvgIpc) is 2.80. The monoisotopic (exact) mass is 281 g/mol. The first-order chi connectivity index (χ1) is 9.11. The van der Waals surface area contributed by atoms with Crippen LogP contribution in [0.5, 0.6) is 0 Å². The van der Waals surface area contributed by atoms with E-state index in [4.69, 9.17) is 11.6 Å². The molecule has 1 unspecified atom stereocenters. The Morgan fingerprint density at radius 3 is 2.79 bits per heavy atom. The molecule has 5 heteroatoms. The van der Waals surface area contributed by atoms with E-state index in [2.05, 4.69) is 17.3 Å². The number of nitrogens with one attached hydrogen (secondary N) is 1. The number of hydrogen-bond acceptors (Lipinski definition) is 2. The largest absolute Gasteiger partial charge is 0.306 e. The highest BCUT2D eigenvalue weighted by Gasteiger charge is 2.16. The van der Waals surface area contributed by atoms with Crippen LogP contribution in [0.4, 0.5) is 4.39 Å². The molecule has 0 radical (unpaired) electrons. The van der Waals surface area contributed by atoms with Gasteiger partial charge in [-0.2, -0.15) is 5.10 Å². The quantitative estimate of drug-likeness (QED) is 0.911. The molecule has 1 aromatic heterocycles. The third-order valence-electron chi connectivity index (χ3n) is 2.93. The number of rotatable bonds is 5. The van der Waals surface area contributed by atoms with Gasteiger partial charge < -0.3 is 5.32 Å². The normalized spacial score (nSPS) is 12.6. The van der Waals surface area contributed by atoms with Crippen LogP contribution < -0.4 is 5.32 Å². The van der Waals surface area contributed by atoms with E-state index < -0.39 is 5.82 Å². The fourth-order valence-corrected chi connectivity index (χ4v) is 2.12. The summed E-state index contributed by atoms with van der Waals surface area (Å²) in [6, 6.07) is 4.83. The van der Waals surface area contributed by atoms with Gasteiger partial charge in [0.2, 0.25) is 0 Å². The minimum Gasteiger partial charge on any atom is -0.306 e. The Hall–Kier alpha value is -1.39. The van der Waals surface area contributed by atoms with Crippen LogP contribution in [-0.4, -0.2) is 16.3 Å². The van der Waals surface area contributed by atoms with Crippen molar-refractivity contribution < 1.29 is 4.39 Å². The fraction of sp³-hybridized carbons (Fsp3) is 0.357. The number of aromatic nitrogens is 2. The number of hydrogen-bond donors (Lipinski definition) is 1. The molecule has 0 saturated carbocycles. The number of nitrogens with zero attached hydrogens (tertiary/aromatic N) is 2. The molecule has 0 spiro atoms. The first-order valence-electron chi connectivity index (χ1n) is 6.28. The van der Waals surface area contributed by atoms with Gasteiger partial charge in [0.05, 0.1) is 17.3 Å². The number of halogens is 2. The van der Waals surface area contributed by atoms with Gasteiger partial charge in [0, 0.05) is 18.8 Å². The van der Waals surface area contributed by atoms with Crippen molar-refractivity contribution >= 4 is 11.6 Å². The van der Waals surface area contributed by atoms with Crippen molar-refractivity contribution in [1.82, 2.24) is 15.1 Å². The van der Waals surface area contributed by atoms with Crippen molar-refractivity contribution in [1.29, 1.82) is 0 Å². The molecule has 1 atom stereocenters. The van der Waals surface area contributed by atoms with E-state index in [-0.39, 0.29) is 11.1 Å². The minimum absolute atomic E-state index is 0.0691. The molecule has 0 aliphatic carbocycles. The average molecular weight is 282 g/mol.